The van der Waals surface area contributed by atoms with Gasteiger partial charge in [-0.15, -0.1) is 0 Å². The van der Waals surface area contributed by atoms with Crippen LogP contribution in [0.3, 0.4) is 0 Å². The van der Waals surface area contributed by atoms with Gasteiger partial charge in [-0.1, -0.05) is 12.1 Å². The molecule has 0 radical (unpaired) electrons. The van der Waals surface area contributed by atoms with Gasteiger partial charge in [-0.05, 0) is 62.1 Å². The number of nitrogens with one attached hydrogen (secondary N) is 1. The Kier molecular flexibility index (Phi) is 6.77. The first-order chi connectivity index (χ1) is 14.4. The molecule has 1 aromatic heterocycles. The van der Waals surface area contributed by atoms with Crippen LogP contribution in [0.15, 0.2) is 45.6 Å². The topological polar surface area (TPSA) is 77.8 Å². The van der Waals surface area contributed by atoms with Gasteiger partial charge in [0.15, 0.2) is 0 Å². The first kappa shape index (κ1) is 21.4. The Morgan fingerprint density at radius 2 is 1.70 bits per heavy atom. The van der Waals surface area contributed by atoms with Crippen molar-refractivity contribution in [3.8, 4) is 11.5 Å². The van der Waals surface area contributed by atoms with E-state index in [9.17, 15) is 9.59 Å². The Labute approximate surface area is 175 Å². The van der Waals surface area contributed by atoms with E-state index in [4.69, 9.17) is 13.9 Å². The molecule has 0 aliphatic rings. The van der Waals surface area contributed by atoms with E-state index in [0.29, 0.717) is 29.9 Å². The average molecular weight is 409 g/mol. The van der Waals surface area contributed by atoms with Gasteiger partial charge in [0.05, 0.1) is 14.2 Å². The highest BCUT2D eigenvalue weighted by Gasteiger charge is 2.16. The van der Waals surface area contributed by atoms with Gasteiger partial charge in [-0.25, -0.2) is 4.79 Å². The van der Waals surface area contributed by atoms with Crippen molar-refractivity contribution in [1.29, 1.82) is 0 Å². The SMILES string of the molecule is COc1ccc(CCNC(=O)CCc2c(C)c3ccc(OC)c(C)c3oc2=O)cc1. The molecule has 30 heavy (non-hydrogen) atoms. The minimum absolute atomic E-state index is 0.0895. The molecule has 2 aromatic carbocycles. The van der Waals surface area contributed by atoms with Gasteiger partial charge in [-0.3, -0.25) is 4.79 Å². The van der Waals surface area contributed by atoms with Crippen molar-refractivity contribution >= 4 is 16.9 Å². The molecule has 1 heterocycles. The molecule has 0 aliphatic heterocycles. The molecule has 3 aromatic rings. The summed E-state index contributed by atoms with van der Waals surface area (Å²) in [6.45, 7) is 4.29. The van der Waals surface area contributed by atoms with E-state index >= 15 is 0 Å². The van der Waals surface area contributed by atoms with Crippen LogP contribution in [-0.2, 0) is 17.6 Å². The standard InChI is InChI=1S/C24H27NO5/c1-15-19-9-11-21(29-4)16(2)23(19)30-24(27)20(15)10-12-22(26)25-14-13-17-5-7-18(28-3)8-6-17/h5-9,11H,10,12-14H2,1-4H3,(H,25,26). The fourth-order valence-corrected chi connectivity index (χ4v) is 3.55. The maximum atomic E-state index is 12.5. The lowest BCUT2D eigenvalue weighted by Crippen LogP contribution is -2.26. The maximum absolute atomic E-state index is 12.5. The van der Waals surface area contributed by atoms with Crippen molar-refractivity contribution in [3.05, 3.63) is 69.1 Å². The number of rotatable bonds is 8. The van der Waals surface area contributed by atoms with E-state index in [0.717, 1.165) is 34.2 Å². The zero-order chi connectivity index (χ0) is 21.7. The molecule has 3 rings (SSSR count). The summed E-state index contributed by atoms with van der Waals surface area (Å²) in [6, 6.07) is 11.5. The van der Waals surface area contributed by atoms with Gasteiger partial charge in [0, 0.05) is 29.5 Å². The zero-order valence-electron chi connectivity index (χ0n) is 17.8. The van der Waals surface area contributed by atoms with Crippen molar-refractivity contribution < 1.29 is 18.7 Å². The predicted octanol–water partition coefficient (Wildman–Crippen LogP) is 3.72. The van der Waals surface area contributed by atoms with Crippen LogP contribution in [0.5, 0.6) is 11.5 Å². The molecule has 0 bridgehead atoms. The van der Waals surface area contributed by atoms with Crippen LogP contribution in [0, 0.1) is 13.8 Å². The first-order valence-corrected chi connectivity index (χ1v) is 9.94. The molecule has 6 heteroatoms. The molecule has 0 unspecified atom stereocenters. The number of methoxy groups -OCH3 is 2. The van der Waals surface area contributed by atoms with Gasteiger partial charge in [0.1, 0.15) is 17.1 Å². The van der Waals surface area contributed by atoms with Crippen LogP contribution >= 0.6 is 0 Å². The summed E-state index contributed by atoms with van der Waals surface area (Å²) in [5.74, 6) is 1.39. The largest absolute Gasteiger partial charge is 0.497 e. The molecule has 0 spiro atoms. The van der Waals surface area contributed by atoms with Crippen LogP contribution in [0.25, 0.3) is 11.0 Å². The van der Waals surface area contributed by atoms with Crippen molar-refractivity contribution in [2.75, 3.05) is 20.8 Å². The second-order valence-corrected chi connectivity index (χ2v) is 7.21. The molecule has 6 nitrogen and oxygen atoms in total. The number of benzene rings is 2. The predicted molar refractivity (Wildman–Crippen MR) is 117 cm³/mol. The number of carbonyl (C=O) groups is 1. The summed E-state index contributed by atoms with van der Waals surface area (Å²) < 4.78 is 16.0. The lowest BCUT2D eigenvalue weighted by Gasteiger charge is -2.11. The van der Waals surface area contributed by atoms with E-state index in [-0.39, 0.29) is 12.3 Å². The normalized spacial score (nSPS) is 10.8. The number of ether oxygens (including phenoxy) is 2. The number of amides is 1. The molecule has 158 valence electrons. The third kappa shape index (κ3) is 4.64. The minimum Gasteiger partial charge on any atom is -0.497 e. The number of aryl methyl sites for hydroxylation is 2. The average Bonchev–Trinajstić information content (AvgIpc) is 2.75. The molecular formula is C24H27NO5. The highest BCUT2D eigenvalue weighted by atomic mass is 16.5. The Morgan fingerprint density at radius 1 is 0.967 bits per heavy atom. The van der Waals surface area contributed by atoms with Crippen molar-refractivity contribution in [3.63, 3.8) is 0 Å². The third-order valence-electron chi connectivity index (χ3n) is 5.37. The number of fused-ring (bicyclic) bond motifs is 1. The van der Waals surface area contributed by atoms with Crippen molar-refractivity contribution in [1.82, 2.24) is 5.32 Å². The van der Waals surface area contributed by atoms with Crippen LogP contribution in [0.1, 0.15) is 28.7 Å². The lowest BCUT2D eigenvalue weighted by molar-refractivity contribution is -0.121. The Hall–Kier alpha value is -3.28. The van der Waals surface area contributed by atoms with Gasteiger partial charge in [0.25, 0.3) is 0 Å². The summed E-state index contributed by atoms with van der Waals surface area (Å²) in [5.41, 5.74) is 3.42. The van der Waals surface area contributed by atoms with E-state index < -0.39 is 5.63 Å². The summed E-state index contributed by atoms with van der Waals surface area (Å²) >= 11 is 0. The number of hydrogen-bond donors (Lipinski definition) is 1. The van der Waals surface area contributed by atoms with E-state index in [1.165, 1.54) is 0 Å². The quantitative estimate of drug-likeness (QED) is 0.574. The summed E-state index contributed by atoms with van der Waals surface area (Å²) in [6.07, 6.45) is 1.30. The molecule has 0 fully saturated rings. The number of hydrogen-bond acceptors (Lipinski definition) is 5. The minimum atomic E-state index is -0.401. The van der Waals surface area contributed by atoms with E-state index in [1.54, 1.807) is 14.2 Å². The molecule has 0 saturated heterocycles. The Balaban J connectivity index is 1.62. The fourth-order valence-electron chi connectivity index (χ4n) is 3.55. The second kappa shape index (κ2) is 9.48. The second-order valence-electron chi connectivity index (χ2n) is 7.21. The molecule has 0 saturated carbocycles. The van der Waals surface area contributed by atoms with Crippen molar-refractivity contribution in [2.24, 2.45) is 0 Å². The molecular weight excluding hydrogens is 382 g/mol. The van der Waals surface area contributed by atoms with Gasteiger partial charge >= 0.3 is 5.63 Å². The highest BCUT2D eigenvalue weighted by Crippen LogP contribution is 2.29. The van der Waals surface area contributed by atoms with Gasteiger partial charge in [0.2, 0.25) is 5.91 Å². The Morgan fingerprint density at radius 3 is 2.37 bits per heavy atom. The van der Waals surface area contributed by atoms with E-state index in [1.807, 2.05) is 50.2 Å². The molecule has 0 atom stereocenters. The van der Waals surface area contributed by atoms with Crippen molar-refractivity contribution in [2.45, 2.75) is 33.1 Å². The van der Waals surface area contributed by atoms with Crippen LogP contribution in [-0.4, -0.2) is 26.7 Å². The zero-order valence-corrected chi connectivity index (χ0v) is 17.8. The fraction of sp³-hybridized carbons (Fsp3) is 0.333. The molecule has 1 amide bonds. The van der Waals surface area contributed by atoms with Gasteiger partial charge in [-0.2, -0.15) is 0 Å². The summed E-state index contributed by atoms with van der Waals surface area (Å²) in [7, 11) is 3.21. The highest BCUT2D eigenvalue weighted by molar-refractivity contribution is 5.85. The summed E-state index contributed by atoms with van der Waals surface area (Å²) in [4.78, 5) is 24.8. The maximum Gasteiger partial charge on any atom is 0.339 e. The monoisotopic (exact) mass is 409 g/mol. The Bertz CT molecular complexity index is 1100. The van der Waals surface area contributed by atoms with E-state index in [2.05, 4.69) is 5.32 Å². The van der Waals surface area contributed by atoms with Gasteiger partial charge < -0.3 is 19.2 Å². The van der Waals surface area contributed by atoms with Crippen LogP contribution in [0.4, 0.5) is 0 Å². The van der Waals surface area contributed by atoms with Crippen LogP contribution < -0.4 is 20.4 Å². The molecule has 0 aliphatic carbocycles. The summed E-state index contributed by atoms with van der Waals surface area (Å²) in [5, 5.41) is 3.77. The lowest BCUT2D eigenvalue weighted by atomic mass is 10.00. The molecule has 1 N–H and O–H groups in total. The number of carbonyl (C=O) groups excluding carboxylic acids is 1. The third-order valence-corrected chi connectivity index (χ3v) is 5.37. The first-order valence-electron chi connectivity index (χ1n) is 9.94. The van der Waals surface area contributed by atoms with Crippen LogP contribution in [0.2, 0.25) is 0 Å². The smallest absolute Gasteiger partial charge is 0.339 e.